The minimum Gasteiger partial charge on any atom is -0.486 e. The Morgan fingerprint density at radius 3 is 2.81 bits per heavy atom. The van der Waals surface area contributed by atoms with Crippen LogP contribution >= 0.6 is 0 Å². The summed E-state index contributed by atoms with van der Waals surface area (Å²) in [6.07, 6.45) is 6.03. The predicted molar refractivity (Wildman–Crippen MR) is 97.2 cm³/mol. The number of benzene rings is 1. The number of aromatic nitrogens is 1. The first kappa shape index (κ1) is 17.6. The Morgan fingerprint density at radius 1 is 1.19 bits per heavy atom. The van der Waals surface area contributed by atoms with Crippen LogP contribution in [0.3, 0.4) is 0 Å². The van der Waals surface area contributed by atoms with Crippen LogP contribution < -0.4 is 10.5 Å². The quantitative estimate of drug-likeness (QED) is 0.871. The van der Waals surface area contributed by atoms with E-state index >= 15 is 0 Å². The zero-order chi connectivity index (χ0) is 18.8. The van der Waals surface area contributed by atoms with Crippen LogP contribution in [-0.2, 0) is 24.2 Å². The summed E-state index contributed by atoms with van der Waals surface area (Å²) < 4.78 is 11.0. The maximum absolute atomic E-state index is 12.6. The molecule has 7 nitrogen and oxygen atoms in total. The molecule has 142 valence electrons. The largest absolute Gasteiger partial charge is 0.486 e. The van der Waals surface area contributed by atoms with Crippen molar-refractivity contribution in [2.24, 2.45) is 5.73 Å². The lowest BCUT2D eigenvalue weighted by Crippen LogP contribution is -2.43. The Morgan fingerprint density at radius 2 is 2.00 bits per heavy atom. The fourth-order valence-electron chi connectivity index (χ4n) is 3.89. The highest BCUT2D eigenvalue weighted by Gasteiger charge is 2.34. The van der Waals surface area contributed by atoms with Gasteiger partial charge in [-0.1, -0.05) is 11.2 Å². The van der Waals surface area contributed by atoms with Gasteiger partial charge in [-0.2, -0.15) is 0 Å². The van der Waals surface area contributed by atoms with E-state index in [1.165, 1.54) is 28.9 Å². The monoisotopic (exact) mass is 369 g/mol. The van der Waals surface area contributed by atoms with E-state index in [4.69, 9.17) is 15.0 Å². The molecule has 2 heterocycles. The Hall–Kier alpha value is -2.83. The Kier molecular flexibility index (Phi) is 4.83. The molecular weight excluding hydrogens is 346 g/mol. The maximum Gasteiger partial charge on any atom is 0.276 e. The minimum atomic E-state index is -0.565. The molecule has 1 aromatic heterocycles. The third kappa shape index (κ3) is 3.67. The van der Waals surface area contributed by atoms with Gasteiger partial charge in [0.15, 0.2) is 11.5 Å². The molecule has 27 heavy (non-hydrogen) atoms. The first-order valence-corrected chi connectivity index (χ1v) is 9.42. The van der Waals surface area contributed by atoms with Gasteiger partial charge >= 0.3 is 0 Å². The van der Waals surface area contributed by atoms with Crippen molar-refractivity contribution in [1.82, 2.24) is 10.1 Å². The second-order valence-corrected chi connectivity index (χ2v) is 7.16. The molecule has 7 heteroatoms. The van der Waals surface area contributed by atoms with Crippen LogP contribution in [-0.4, -0.2) is 34.5 Å². The van der Waals surface area contributed by atoms with Gasteiger partial charge in [0, 0.05) is 12.6 Å². The summed E-state index contributed by atoms with van der Waals surface area (Å²) in [5.41, 5.74) is 8.29. The summed E-state index contributed by atoms with van der Waals surface area (Å²) in [4.78, 5) is 25.5. The maximum atomic E-state index is 12.6. The second-order valence-electron chi connectivity index (χ2n) is 7.16. The van der Waals surface area contributed by atoms with Gasteiger partial charge in [-0.25, -0.2) is 0 Å². The van der Waals surface area contributed by atoms with E-state index in [0.29, 0.717) is 18.7 Å². The Labute approximate surface area is 157 Å². The molecule has 1 aliphatic carbocycles. The highest BCUT2D eigenvalue weighted by molar-refractivity contribution is 5.96. The summed E-state index contributed by atoms with van der Waals surface area (Å²) in [6.45, 7) is 0.693. The van der Waals surface area contributed by atoms with Crippen LogP contribution in [0.25, 0.3) is 0 Å². The number of rotatable bonds is 5. The van der Waals surface area contributed by atoms with Gasteiger partial charge in [0.25, 0.3) is 5.91 Å². The van der Waals surface area contributed by atoms with E-state index in [1.54, 1.807) is 6.07 Å². The highest BCUT2D eigenvalue weighted by atomic mass is 16.5. The van der Waals surface area contributed by atoms with Crippen molar-refractivity contribution >= 4 is 11.8 Å². The summed E-state index contributed by atoms with van der Waals surface area (Å²) in [5.74, 6) is 0.430. The lowest BCUT2D eigenvalue weighted by molar-refractivity contribution is -0.121. The SMILES string of the molecule is NC(=O)[C@@H]1CCCN1C(=O)c1cc(COc2ccc3c(c2)CCCC3)on1. The van der Waals surface area contributed by atoms with Crippen molar-refractivity contribution in [3.8, 4) is 5.75 Å². The number of hydrogen-bond acceptors (Lipinski definition) is 5. The molecule has 1 aliphatic heterocycles. The number of hydrogen-bond donors (Lipinski definition) is 1. The molecule has 1 atom stereocenters. The molecule has 0 radical (unpaired) electrons. The number of carbonyl (C=O) groups is 2. The standard InChI is InChI=1S/C20H23N3O4/c21-19(24)18-6-3-9-23(18)20(25)17-11-16(27-22-17)12-26-15-8-7-13-4-1-2-5-14(13)10-15/h7-8,10-11,18H,1-6,9,12H2,(H2,21,24)/t18-/m0/s1. The van der Waals surface area contributed by atoms with Gasteiger partial charge in [0.1, 0.15) is 18.4 Å². The third-order valence-electron chi connectivity index (χ3n) is 5.32. The number of nitrogens with two attached hydrogens (primary N) is 1. The molecule has 2 aromatic rings. The predicted octanol–water partition coefficient (Wildman–Crippen LogP) is 2.22. The van der Waals surface area contributed by atoms with E-state index in [-0.39, 0.29) is 18.2 Å². The van der Waals surface area contributed by atoms with Gasteiger partial charge in [-0.15, -0.1) is 0 Å². The molecule has 0 saturated carbocycles. The summed E-state index contributed by atoms with van der Waals surface area (Å²) >= 11 is 0. The van der Waals surface area contributed by atoms with E-state index in [1.807, 2.05) is 6.07 Å². The first-order valence-electron chi connectivity index (χ1n) is 9.42. The van der Waals surface area contributed by atoms with Crippen LogP contribution in [0, 0.1) is 0 Å². The average molecular weight is 369 g/mol. The zero-order valence-corrected chi connectivity index (χ0v) is 15.1. The molecule has 2 N–H and O–H groups in total. The fraction of sp³-hybridized carbons (Fsp3) is 0.450. The van der Waals surface area contributed by atoms with Gasteiger partial charge in [-0.05, 0) is 61.8 Å². The smallest absolute Gasteiger partial charge is 0.276 e. The van der Waals surface area contributed by atoms with Crippen molar-refractivity contribution in [3.63, 3.8) is 0 Å². The Bertz CT molecular complexity index is 861. The van der Waals surface area contributed by atoms with Gasteiger partial charge in [-0.3, -0.25) is 9.59 Å². The zero-order valence-electron chi connectivity index (χ0n) is 15.1. The van der Waals surface area contributed by atoms with E-state index < -0.39 is 11.9 Å². The van der Waals surface area contributed by atoms with Crippen molar-refractivity contribution in [2.45, 2.75) is 51.2 Å². The lowest BCUT2D eigenvalue weighted by atomic mass is 9.92. The summed E-state index contributed by atoms with van der Waals surface area (Å²) in [6, 6.07) is 7.17. The third-order valence-corrected chi connectivity index (χ3v) is 5.32. The van der Waals surface area contributed by atoms with Crippen LogP contribution in [0.2, 0.25) is 0 Å². The first-order chi connectivity index (χ1) is 13.1. The van der Waals surface area contributed by atoms with Crippen LogP contribution in [0.1, 0.15) is 53.1 Å². The molecule has 0 spiro atoms. The van der Waals surface area contributed by atoms with Crippen LogP contribution in [0.4, 0.5) is 0 Å². The number of aryl methyl sites for hydroxylation is 2. The number of ether oxygens (including phenoxy) is 1. The van der Waals surface area contributed by atoms with Crippen molar-refractivity contribution < 1.29 is 18.8 Å². The number of likely N-dealkylation sites (tertiary alicyclic amines) is 1. The van der Waals surface area contributed by atoms with Crippen molar-refractivity contribution in [2.75, 3.05) is 6.54 Å². The molecule has 1 fully saturated rings. The van der Waals surface area contributed by atoms with Crippen LogP contribution in [0.5, 0.6) is 5.75 Å². The highest BCUT2D eigenvalue weighted by Crippen LogP contribution is 2.26. The number of fused-ring (bicyclic) bond motifs is 1. The molecule has 0 bridgehead atoms. The molecule has 4 rings (SSSR count). The van der Waals surface area contributed by atoms with Crippen LogP contribution in [0.15, 0.2) is 28.8 Å². The summed E-state index contributed by atoms with van der Waals surface area (Å²) in [7, 11) is 0. The van der Waals surface area contributed by atoms with Crippen molar-refractivity contribution in [3.05, 3.63) is 46.8 Å². The van der Waals surface area contributed by atoms with E-state index in [0.717, 1.165) is 25.0 Å². The van der Waals surface area contributed by atoms with E-state index in [2.05, 4.69) is 17.3 Å². The fourth-order valence-corrected chi connectivity index (χ4v) is 3.89. The molecule has 1 saturated heterocycles. The molecule has 2 aliphatic rings. The lowest BCUT2D eigenvalue weighted by Gasteiger charge is -2.20. The molecule has 0 unspecified atom stereocenters. The Balaban J connectivity index is 1.39. The topological polar surface area (TPSA) is 98.7 Å². The number of carbonyl (C=O) groups excluding carboxylic acids is 2. The van der Waals surface area contributed by atoms with Crippen molar-refractivity contribution in [1.29, 1.82) is 0 Å². The van der Waals surface area contributed by atoms with Gasteiger partial charge in [0.05, 0.1) is 0 Å². The molecule has 2 amide bonds. The number of nitrogens with zero attached hydrogens (tertiary/aromatic N) is 2. The van der Waals surface area contributed by atoms with E-state index in [9.17, 15) is 9.59 Å². The number of primary amides is 1. The molecular formula is C20H23N3O4. The normalized spacial score (nSPS) is 19.0. The summed E-state index contributed by atoms with van der Waals surface area (Å²) in [5, 5.41) is 3.84. The minimum absolute atomic E-state index is 0.173. The second kappa shape index (κ2) is 7.42. The van der Waals surface area contributed by atoms with Gasteiger partial charge < -0.3 is 19.9 Å². The molecule has 1 aromatic carbocycles. The average Bonchev–Trinajstić information content (AvgIpc) is 3.35. The van der Waals surface area contributed by atoms with Gasteiger partial charge in [0.2, 0.25) is 5.91 Å². The number of amides is 2.